The van der Waals surface area contributed by atoms with Crippen LogP contribution in [0.25, 0.3) is 0 Å². The number of hydrogen-bond acceptors (Lipinski definition) is 4. The van der Waals surface area contributed by atoms with Gasteiger partial charge >= 0.3 is 0 Å². The molecule has 0 amide bonds. The van der Waals surface area contributed by atoms with E-state index >= 15 is 0 Å². The summed E-state index contributed by atoms with van der Waals surface area (Å²) in [6, 6.07) is 5.97. The van der Waals surface area contributed by atoms with Crippen molar-refractivity contribution < 1.29 is 4.92 Å². The second kappa shape index (κ2) is 6.22. The van der Waals surface area contributed by atoms with Crippen molar-refractivity contribution in [2.45, 2.75) is 51.6 Å². The minimum atomic E-state index is -0.341. The quantitative estimate of drug-likeness (QED) is 0.678. The molecule has 0 heterocycles. The molecule has 1 aliphatic carbocycles. The number of anilines is 1. The molecule has 2 rings (SSSR count). The summed E-state index contributed by atoms with van der Waals surface area (Å²) in [5.41, 5.74) is 8.21. The van der Waals surface area contributed by atoms with E-state index in [2.05, 4.69) is 11.8 Å². The van der Waals surface area contributed by atoms with Crippen molar-refractivity contribution in [3.63, 3.8) is 0 Å². The van der Waals surface area contributed by atoms with Gasteiger partial charge in [-0.3, -0.25) is 10.1 Å². The molecule has 0 atom stereocenters. The van der Waals surface area contributed by atoms with E-state index < -0.39 is 0 Å². The van der Waals surface area contributed by atoms with Gasteiger partial charge in [0.2, 0.25) is 0 Å². The van der Waals surface area contributed by atoms with Crippen LogP contribution in [0.4, 0.5) is 11.4 Å². The molecule has 1 aliphatic rings. The summed E-state index contributed by atoms with van der Waals surface area (Å²) in [4.78, 5) is 12.8. The number of hydrogen-bond donors (Lipinski definition) is 1. The predicted molar refractivity (Wildman–Crippen MR) is 81.1 cm³/mol. The highest BCUT2D eigenvalue weighted by molar-refractivity contribution is 5.58. The number of benzene rings is 1. The van der Waals surface area contributed by atoms with Crippen molar-refractivity contribution in [3.05, 3.63) is 33.9 Å². The van der Waals surface area contributed by atoms with Gasteiger partial charge in [0.15, 0.2) is 0 Å². The fraction of sp³-hybridized carbons (Fsp3) is 0.600. The lowest BCUT2D eigenvalue weighted by atomic mass is 9.90. The molecule has 0 aliphatic heterocycles. The fourth-order valence-corrected chi connectivity index (χ4v) is 3.11. The van der Waals surface area contributed by atoms with Crippen molar-refractivity contribution >= 4 is 11.4 Å². The average molecular weight is 277 g/mol. The monoisotopic (exact) mass is 277 g/mol. The molecular weight excluding hydrogens is 254 g/mol. The van der Waals surface area contributed by atoms with Gasteiger partial charge in [0.25, 0.3) is 5.69 Å². The Morgan fingerprint density at radius 1 is 1.35 bits per heavy atom. The molecule has 1 saturated carbocycles. The summed E-state index contributed by atoms with van der Waals surface area (Å²) >= 11 is 0. The first-order valence-electron chi connectivity index (χ1n) is 7.30. The highest BCUT2D eigenvalue weighted by Crippen LogP contribution is 2.30. The second-order valence-electron chi connectivity index (χ2n) is 5.58. The molecule has 20 heavy (non-hydrogen) atoms. The van der Waals surface area contributed by atoms with Crippen LogP contribution in [0.1, 0.15) is 38.2 Å². The van der Waals surface area contributed by atoms with E-state index in [0.717, 1.165) is 43.5 Å². The maximum absolute atomic E-state index is 10.8. The third-order valence-electron chi connectivity index (χ3n) is 4.22. The van der Waals surface area contributed by atoms with E-state index in [1.54, 1.807) is 12.1 Å². The van der Waals surface area contributed by atoms with Crippen LogP contribution in [-0.4, -0.2) is 23.6 Å². The summed E-state index contributed by atoms with van der Waals surface area (Å²) in [5.74, 6) is 0. The van der Waals surface area contributed by atoms with Gasteiger partial charge < -0.3 is 10.6 Å². The maximum atomic E-state index is 10.8. The molecule has 0 unspecified atom stereocenters. The van der Waals surface area contributed by atoms with E-state index in [-0.39, 0.29) is 10.6 Å². The molecular formula is C15H23N3O2. The molecule has 1 aromatic carbocycles. The van der Waals surface area contributed by atoms with Crippen molar-refractivity contribution in [1.29, 1.82) is 0 Å². The smallest absolute Gasteiger partial charge is 0.269 e. The minimum absolute atomic E-state index is 0.160. The number of nitrogens with two attached hydrogens (primary N) is 1. The molecule has 0 aromatic heterocycles. The first-order chi connectivity index (χ1) is 9.52. The number of aryl methyl sites for hydroxylation is 1. The van der Waals surface area contributed by atoms with Crippen molar-refractivity contribution in [3.8, 4) is 0 Å². The van der Waals surface area contributed by atoms with Crippen molar-refractivity contribution in [2.75, 3.05) is 11.4 Å². The van der Waals surface area contributed by atoms with Crippen LogP contribution in [0.2, 0.25) is 0 Å². The molecule has 1 fully saturated rings. The largest absolute Gasteiger partial charge is 0.369 e. The molecule has 0 saturated heterocycles. The average Bonchev–Trinajstić information content (AvgIpc) is 2.43. The van der Waals surface area contributed by atoms with Gasteiger partial charge in [-0.15, -0.1) is 0 Å². The lowest BCUT2D eigenvalue weighted by Gasteiger charge is -2.37. The standard InChI is InChI=1S/C15H23N3O2/c1-3-17(13-6-4-12(16)5-7-13)15-9-8-14(18(19)20)10-11(15)2/h8-10,12-13H,3-7,16H2,1-2H3. The van der Waals surface area contributed by atoms with Gasteiger partial charge in [-0.05, 0) is 51.2 Å². The second-order valence-corrected chi connectivity index (χ2v) is 5.58. The summed E-state index contributed by atoms with van der Waals surface area (Å²) in [6.07, 6.45) is 4.33. The first-order valence-corrected chi connectivity index (χ1v) is 7.30. The topological polar surface area (TPSA) is 72.4 Å². The zero-order valence-electron chi connectivity index (χ0n) is 12.2. The molecule has 2 N–H and O–H groups in total. The van der Waals surface area contributed by atoms with E-state index in [9.17, 15) is 10.1 Å². The van der Waals surface area contributed by atoms with Gasteiger partial charge in [-0.2, -0.15) is 0 Å². The number of non-ortho nitro benzene ring substituents is 1. The Morgan fingerprint density at radius 3 is 2.50 bits per heavy atom. The van der Waals surface area contributed by atoms with Gasteiger partial charge in [-0.25, -0.2) is 0 Å². The van der Waals surface area contributed by atoms with Gasteiger partial charge in [0.1, 0.15) is 0 Å². The maximum Gasteiger partial charge on any atom is 0.269 e. The van der Waals surface area contributed by atoms with Crippen LogP contribution in [0.15, 0.2) is 18.2 Å². The lowest BCUT2D eigenvalue weighted by Crippen LogP contribution is -2.41. The molecule has 0 spiro atoms. The molecule has 5 heteroatoms. The van der Waals surface area contributed by atoms with Crippen LogP contribution >= 0.6 is 0 Å². The van der Waals surface area contributed by atoms with Crippen LogP contribution in [0.3, 0.4) is 0 Å². The Hall–Kier alpha value is -1.62. The van der Waals surface area contributed by atoms with Crippen LogP contribution in [-0.2, 0) is 0 Å². The van der Waals surface area contributed by atoms with Gasteiger partial charge in [0, 0.05) is 36.4 Å². The number of nitro benzene ring substituents is 1. The Bertz CT molecular complexity index is 482. The number of rotatable bonds is 4. The van der Waals surface area contributed by atoms with Crippen molar-refractivity contribution in [2.24, 2.45) is 5.73 Å². The van der Waals surface area contributed by atoms with E-state index in [1.807, 2.05) is 13.0 Å². The molecule has 0 bridgehead atoms. The summed E-state index contributed by atoms with van der Waals surface area (Å²) in [6.45, 7) is 4.99. The normalized spacial score (nSPS) is 22.6. The third-order valence-corrected chi connectivity index (χ3v) is 4.22. The Kier molecular flexibility index (Phi) is 4.60. The summed E-state index contributed by atoms with van der Waals surface area (Å²) < 4.78 is 0. The number of nitro groups is 1. The molecule has 5 nitrogen and oxygen atoms in total. The van der Waals surface area contributed by atoms with Crippen molar-refractivity contribution in [1.82, 2.24) is 0 Å². The molecule has 1 aromatic rings. The Balaban J connectivity index is 2.21. The minimum Gasteiger partial charge on any atom is -0.369 e. The van der Waals surface area contributed by atoms with E-state index in [4.69, 9.17) is 5.73 Å². The lowest BCUT2D eigenvalue weighted by molar-refractivity contribution is -0.384. The summed E-state index contributed by atoms with van der Waals surface area (Å²) in [5, 5.41) is 10.8. The van der Waals surface area contributed by atoms with Gasteiger partial charge in [-0.1, -0.05) is 0 Å². The summed E-state index contributed by atoms with van der Waals surface area (Å²) in [7, 11) is 0. The molecule has 110 valence electrons. The number of nitrogens with zero attached hydrogens (tertiary/aromatic N) is 2. The third kappa shape index (κ3) is 3.10. The fourth-order valence-electron chi connectivity index (χ4n) is 3.11. The predicted octanol–water partition coefficient (Wildman–Crippen LogP) is 3.00. The highest BCUT2D eigenvalue weighted by Gasteiger charge is 2.24. The SMILES string of the molecule is CCN(c1ccc([N+](=O)[O-])cc1C)C1CCC(N)CC1. The van der Waals surface area contributed by atoms with Gasteiger partial charge in [0.05, 0.1) is 4.92 Å². The van der Waals surface area contributed by atoms with Crippen LogP contribution in [0.5, 0.6) is 0 Å². The van der Waals surface area contributed by atoms with E-state index in [1.165, 1.54) is 0 Å². The first kappa shape index (κ1) is 14.8. The zero-order valence-corrected chi connectivity index (χ0v) is 12.2. The zero-order chi connectivity index (χ0) is 14.7. The Labute approximate surface area is 119 Å². The Morgan fingerprint density at radius 2 is 2.00 bits per heavy atom. The van der Waals surface area contributed by atoms with Crippen LogP contribution in [0, 0.1) is 17.0 Å². The van der Waals surface area contributed by atoms with E-state index in [0.29, 0.717) is 12.1 Å². The highest BCUT2D eigenvalue weighted by atomic mass is 16.6. The van der Waals surface area contributed by atoms with Crippen LogP contribution < -0.4 is 10.6 Å². The molecule has 0 radical (unpaired) electrons.